The Bertz CT molecular complexity index is 800. The molecule has 0 unspecified atom stereocenters. The minimum absolute atomic E-state index is 0.0447. The number of anilines is 1. The number of esters is 1. The molecule has 0 bridgehead atoms. The Labute approximate surface area is 163 Å². The first-order valence-corrected chi connectivity index (χ1v) is 9.91. The molecule has 8 heteroatoms. The molecule has 2 fully saturated rings. The lowest BCUT2D eigenvalue weighted by molar-refractivity contribution is 0.0318. The fourth-order valence-corrected chi connectivity index (χ4v) is 3.91. The molecule has 1 aromatic carbocycles. The molecule has 148 valence electrons. The number of aromatic amines is 1. The lowest BCUT2D eigenvalue weighted by atomic mass is 9.98. The van der Waals surface area contributed by atoms with Gasteiger partial charge in [0.05, 0.1) is 5.56 Å². The Kier molecular flexibility index (Phi) is 5.55. The van der Waals surface area contributed by atoms with E-state index in [-0.39, 0.29) is 24.0 Å². The van der Waals surface area contributed by atoms with Crippen LogP contribution in [-0.2, 0) is 4.74 Å². The molecular weight excluding hydrogens is 358 g/mol. The van der Waals surface area contributed by atoms with Gasteiger partial charge in [0.25, 0.3) is 0 Å². The van der Waals surface area contributed by atoms with Gasteiger partial charge in [-0.05, 0) is 62.8 Å². The summed E-state index contributed by atoms with van der Waals surface area (Å²) in [5.74, 6) is 0.702. The molecule has 1 aliphatic carbocycles. The van der Waals surface area contributed by atoms with Crippen molar-refractivity contribution in [3.63, 3.8) is 0 Å². The number of hydrogen-bond acceptors (Lipinski definition) is 5. The highest BCUT2D eigenvalue weighted by molar-refractivity contribution is 5.92. The van der Waals surface area contributed by atoms with E-state index in [1.807, 2.05) is 0 Å². The maximum absolute atomic E-state index is 12.6. The monoisotopic (exact) mass is 383 g/mol. The van der Waals surface area contributed by atoms with Gasteiger partial charge in [0.15, 0.2) is 0 Å². The van der Waals surface area contributed by atoms with Gasteiger partial charge >= 0.3 is 12.0 Å². The number of amides is 2. The molecule has 0 radical (unpaired) electrons. The van der Waals surface area contributed by atoms with Crippen LogP contribution in [0, 0.1) is 0 Å². The minimum Gasteiger partial charge on any atom is -0.459 e. The van der Waals surface area contributed by atoms with E-state index in [4.69, 9.17) is 4.74 Å². The van der Waals surface area contributed by atoms with Crippen LogP contribution in [0.15, 0.2) is 30.6 Å². The largest absolute Gasteiger partial charge is 0.459 e. The van der Waals surface area contributed by atoms with Gasteiger partial charge in [-0.15, -0.1) is 0 Å². The van der Waals surface area contributed by atoms with Crippen molar-refractivity contribution >= 4 is 17.7 Å². The molecule has 0 spiro atoms. The van der Waals surface area contributed by atoms with E-state index >= 15 is 0 Å². The van der Waals surface area contributed by atoms with Crippen LogP contribution in [0.5, 0.6) is 0 Å². The number of urea groups is 1. The third-order valence-electron chi connectivity index (χ3n) is 5.48. The number of nitrogens with one attached hydrogen (secondary N) is 2. The zero-order valence-electron chi connectivity index (χ0n) is 15.8. The average Bonchev–Trinajstić information content (AvgIpc) is 3.43. The number of benzene rings is 1. The van der Waals surface area contributed by atoms with E-state index in [9.17, 15) is 9.59 Å². The zero-order valence-corrected chi connectivity index (χ0v) is 15.8. The Morgan fingerprint density at radius 2 is 1.89 bits per heavy atom. The van der Waals surface area contributed by atoms with Crippen molar-refractivity contribution in [3.05, 3.63) is 42.0 Å². The van der Waals surface area contributed by atoms with Crippen molar-refractivity contribution in [1.82, 2.24) is 20.1 Å². The number of aromatic nitrogens is 3. The molecule has 2 N–H and O–H groups in total. The van der Waals surface area contributed by atoms with Crippen LogP contribution < -0.4 is 5.32 Å². The first-order chi connectivity index (χ1) is 13.7. The second-order valence-electron chi connectivity index (χ2n) is 7.48. The van der Waals surface area contributed by atoms with E-state index in [1.54, 1.807) is 29.2 Å². The van der Waals surface area contributed by atoms with Gasteiger partial charge in [-0.3, -0.25) is 5.10 Å². The molecule has 4 rings (SSSR count). The SMILES string of the molecule is O=C(OC1CCCC1)c1ccc(NC(=O)N2CCC[C@H](c3ncn[nH]3)C2)cc1. The molecule has 2 aromatic rings. The van der Waals surface area contributed by atoms with Crippen LogP contribution in [0.4, 0.5) is 10.5 Å². The third kappa shape index (κ3) is 4.32. The van der Waals surface area contributed by atoms with Gasteiger partial charge in [-0.2, -0.15) is 5.10 Å². The number of hydrogen-bond donors (Lipinski definition) is 2. The topological polar surface area (TPSA) is 100 Å². The second-order valence-corrected chi connectivity index (χ2v) is 7.48. The second kappa shape index (κ2) is 8.41. The molecule has 2 amide bonds. The maximum atomic E-state index is 12.6. The first kappa shape index (κ1) is 18.5. The van der Waals surface area contributed by atoms with E-state index in [0.29, 0.717) is 24.3 Å². The van der Waals surface area contributed by atoms with Gasteiger partial charge < -0.3 is 15.0 Å². The Hall–Kier alpha value is -2.90. The number of nitrogens with zero attached hydrogens (tertiary/aromatic N) is 3. The number of carbonyl (C=O) groups excluding carboxylic acids is 2. The molecule has 1 aromatic heterocycles. The van der Waals surface area contributed by atoms with Crippen molar-refractivity contribution in [2.45, 2.75) is 50.5 Å². The highest BCUT2D eigenvalue weighted by atomic mass is 16.5. The number of H-pyrrole nitrogens is 1. The van der Waals surface area contributed by atoms with Gasteiger partial charge in [0.2, 0.25) is 0 Å². The summed E-state index contributed by atoms with van der Waals surface area (Å²) >= 11 is 0. The summed E-state index contributed by atoms with van der Waals surface area (Å²) in [5, 5.41) is 9.70. The maximum Gasteiger partial charge on any atom is 0.338 e. The van der Waals surface area contributed by atoms with E-state index < -0.39 is 0 Å². The molecular formula is C20H25N5O3. The molecule has 1 saturated carbocycles. The lowest BCUT2D eigenvalue weighted by Gasteiger charge is -2.31. The Balaban J connectivity index is 1.32. The van der Waals surface area contributed by atoms with E-state index in [0.717, 1.165) is 44.3 Å². The van der Waals surface area contributed by atoms with Crippen molar-refractivity contribution < 1.29 is 14.3 Å². The fraction of sp³-hybridized carbons (Fsp3) is 0.500. The fourth-order valence-electron chi connectivity index (χ4n) is 3.91. The van der Waals surface area contributed by atoms with Crippen LogP contribution in [0.3, 0.4) is 0 Å². The number of ether oxygens (including phenoxy) is 1. The Morgan fingerprint density at radius 3 is 2.61 bits per heavy atom. The molecule has 8 nitrogen and oxygen atoms in total. The summed E-state index contributed by atoms with van der Waals surface area (Å²) in [7, 11) is 0. The summed E-state index contributed by atoms with van der Waals surface area (Å²) in [6.07, 6.45) is 7.58. The molecule has 2 aliphatic rings. The lowest BCUT2D eigenvalue weighted by Crippen LogP contribution is -2.41. The van der Waals surface area contributed by atoms with Crippen LogP contribution in [0.25, 0.3) is 0 Å². The van der Waals surface area contributed by atoms with Gasteiger partial charge in [0, 0.05) is 24.7 Å². The highest BCUT2D eigenvalue weighted by Crippen LogP contribution is 2.25. The molecule has 1 aliphatic heterocycles. The van der Waals surface area contributed by atoms with E-state index in [1.165, 1.54) is 6.33 Å². The van der Waals surface area contributed by atoms with Crippen LogP contribution in [0.1, 0.15) is 60.6 Å². The summed E-state index contributed by atoms with van der Waals surface area (Å²) in [4.78, 5) is 30.8. The van der Waals surface area contributed by atoms with Crippen molar-refractivity contribution in [2.75, 3.05) is 18.4 Å². The van der Waals surface area contributed by atoms with Crippen molar-refractivity contribution in [2.24, 2.45) is 0 Å². The summed E-state index contributed by atoms with van der Waals surface area (Å²) < 4.78 is 5.51. The third-order valence-corrected chi connectivity index (χ3v) is 5.48. The van der Waals surface area contributed by atoms with Crippen LogP contribution >= 0.6 is 0 Å². The predicted molar refractivity (Wildman–Crippen MR) is 103 cm³/mol. The first-order valence-electron chi connectivity index (χ1n) is 9.91. The number of rotatable bonds is 4. The van der Waals surface area contributed by atoms with Gasteiger partial charge in [-0.25, -0.2) is 14.6 Å². The predicted octanol–water partition coefficient (Wildman–Crippen LogP) is 3.32. The van der Waals surface area contributed by atoms with E-state index in [2.05, 4.69) is 20.5 Å². The summed E-state index contributed by atoms with van der Waals surface area (Å²) in [6.45, 7) is 1.31. The minimum atomic E-state index is -0.296. The molecule has 28 heavy (non-hydrogen) atoms. The number of carbonyl (C=O) groups is 2. The standard InChI is InChI=1S/C20H25N5O3/c26-19(28-17-5-1-2-6-17)14-7-9-16(10-8-14)23-20(27)25-11-3-4-15(12-25)18-21-13-22-24-18/h7-10,13,15,17H,1-6,11-12H2,(H,23,27)(H,21,22,24)/t15-/m0/s1. The molecule has 1 saturated heterocycles. The molecule has 2 heterocycles. The normalized spacial score (nSPS) is 20.1. The quantitative estimate of drug-likeness (QED) is 0.789. The van der Waals surface area contributed by atoms with Crippen molar-refractivity contribution in [1.29, 1.82) is 0 Å². The summed E-state index contributed by atoms with van der Waals surface area (Å²) in [5.41, 5.74) is 1.16. The average molecular weight is 383 g/mol. The smallest absolute Gasteiger partial charge is 0.338 e. The molecule has 1 atom stereocenters. The van der Waals surface area contributed by atoms with Crippen molar-refractivity contribution in [3.8, 4) is 0 Å². The number of likely N-dealkylation sites (tertiary alicyclic amines) is 1. The summed E-state index contributed by atoms with van der Waals surface area (Å²) in [6, 6.07) is 6.72. The van der Waals surface area contributed by atoms with Gasteiger partial charge in [0.1, 0.15) is 18.3 Å². The van der Waals surface area contributed by atoms with Gasteiger partial charge in [-0.1, -0.05) is 0 Å². The zero-order chi connectivity index (χ0) is 19.3. The Morgan fingerprint density at radius 1 is 1.11 bits per heavy atom. The van der Waals surface area contributed by atoms with Crippen LogP contribution in [0.2, 0.25) is 0 Å². The van der Waals surface area contributed by atoms with Crippen LogP contribution in [-0.4, -0.2) is 51.3 Å². The highest BCUT2D eigenvalue weighted by Gasteiger charge is 2.26. The number of piperidine rings is 1.